The van der Waals surface area contributed by atoms with Gasteiger partial charge in [-0.05, 0) is 35.7 Å². The molecule has 2 aromatic rings. The summed E-state index contributed by atoms with van der Waals surface area (Å²) in [7, 11) is 3.30. The molecule has 2 aliphatic rings. The number of ether oxygens (including phenoxy) is 2. The predicted octanol–water partition coefficient (Wildman–Crippen LogP) is 3.15. The van der Waals surface area contributed by atoms with E-state index in [1.54, 1.807) is 14.2 Å². The Morgan fingerprint density at radius 1 is 1.00 bits per heavy atom. The van der Waals surface area contributed by atoms with Crippen LogP contribution in [0.15, 0.2) is 42.5 Å². The second kappa shape index (κ2) is 5.30. The number of fused-ring (bicyclic) bond motifs is 3. The molecule has 2 aromatic carbocycles. The van der Waals surface area contributed by atoms with Gasteiger partial charge < -0.3 is 14.4 Å². The molecule has 4 nitrogen and oxygen atoms in total. The van der Waals surface area contributed by atoms with Crippen LogP contribution in [0.1, 0.15) is 23.5 Å². The van der Waals surface area contributed by atoms with E-state index < -0.39 is 0 Å². The first-order chi connectivity index (χ1) is 11.2. The average molecular weight is 309 g/mol. The zero-order valence-electron chi connectivity index (χ0n) is 13.3. The van der Waals surface area contributed by atoms with Gasteiger partial charge >= 0.3 is 0 Å². The van der Waals surface area contributed by atoms with E-state index in [1.807, 2.05) is 41.3 Å². The molecule has 0 N–H and O–H groups in total. The third-order valence-electron chi connectivity index (χ3n) is 4.94. The number of anilines is 1. The first kappa shape index (κ1) is 14.1. The molecule has 2 aliphatic heterocycles. The molecule has 4 heteroatoms. The highest BCUT2D eigenvalue weighted by Gasteiger charge is 2.45. The maximum absolute atomic E-state index is 12.6. The molecule has 0 radical (unpaired) electrons. The molecule has 23 heavy (non-hydrogen) atoms. The summed E-state index contributed by atoms with van der Waals surface area (Å²) >= 11 is 0. The lowest BCUT2D eigenvalue weighted by Crippen LogP contribution is -2.31. The van der Waals surface area contributed by atoms with Gasteiger partial charge in [0, 0.05) is 30.1 Å². The Kier molecular flexibility index (Phi) is 3.26. The zero-order valence-corrected chi connectivity index (χ0v) is 13.3. The molecule has 1 amide bonds. The molecule has 0 spiro atoms. The Hall–Kier alpha value is -2.49. The Morgan fingerprint density at radius 3 is 2.39 bits per heavy atom. The van der Waals surface area contributed by atoms with Crippen molar-refractivity contribution in [2.24, 2.45) is 0 Å². The fourth-order valence-corrected chi connectivity index (χ4v) is 3.86. The zero-order chi connectivity index (χ0) is 16.0. The van der Waals surface area contributed by atoms with Crippen molar-refractivity contribution in [3.05, 3.63) is 53.6 Å². The molecular weight excluding hydrogens is 290 g/mol. The highest BCUT2D eigenvalue weighted by molar-refractivity contribution is 5.99. The molecule has 0 aliphatic carbocycles. The number of hydrogen-bond acceptors (Lipinski definition) is 3. The van der Waals surface area contributed by atoms with Crippen LogP contribution in [-0.2, 0) is 11.2 Å². The third-order valence-corrected chi connectivity index (χ3v) is 4.94. The van der Waals surface area contributed by atoms with Crippen LogP contribution < -0.4 is 14.4 Å². The van der Waals surface area contributed by atoms with Crippen molar-refractivity contribution in [2.75, 3.05) is 19.1 Å². The molecule has 0 bridgehead atoms. The van der Waals surface area contributed by atoms with Crippen molar-refractivity contribution in [3.8, 4) is 11.5 Å². The number of rotatable bonds is 3. The van der Waals surface area contributed by atoms with Crippen LogP contribution in [-0.4, -0.2) is 26.2 Å². The van der Waals surface area contributed by atoms with Crippen molar-refractivity contribution < 1.29 is 14.3 Å². The summed E-state index contributed by atoms with van der Waals surface area (Å²) in [5.74, 6) is 1.90. The SMILES string of the molecule is COc1cc(OC)cc([C@H]2CC(=O)N3c4ccccc4C[C@H]23)c1. The van der Waals surface area contributed by atoms with Crippen LogP contribution in [0.25, 0.3) is 0 Å². The van der Waals surface area contributed by atoms with E-state index in [1.165, 1.54) is 5.56 Å². The van der Waals surface area contributed by atoms with E-state index in [4.69, 9.17) is 9.47 Å². The summed E-state index contributed by atoms with van der Waals surface area (Å²) < 4.78 is 10.8. The van der Waals surface area contributed by atoms with Gasteiger partial charge in [0.25, 0.3) is 0 Å². The topological polar surface area (TPSA) is 38.8 Å². The highest BCUT2D eigenvalue weighted by atomic mass is 16.5. The lowest BCUT2D eigenvalue weighted by atomic mass is 9.89. The molecule has 2 heterocycles. The molecule has 0 unspecified atom stereocenters. The van der Waals surface area contributed by atoms with Crippen molar-refractivity contribution in [1.82, 2.24) is 0 Å². The summed E-state index contributed by atoms with van der Waals surface area (Å²) in [4.78, 5) is 14.6. The monoisotopic (exact) mass is 309 g/mol. The summed E-state index contributed by atoms with van der Waals surface area (Å²) in [6.07, 6.45) is 1.45. The van der Waals surface area contributed by atoms with E-state index in [0.29, 0.717) is 6.42 Å². The molecule has 118 valence electrons. The number of benzene rings is 2. The lowest BCUT2D eigenvalue weighted by Gasteiger charge is -2.21. The van der Waals surface area contributed by atoms with Crippen LogP contribution in [0.2, 0.25) is 0 Å². The van der Waals surface area contributed by atoms with Crippen molar-refractivity contribution in [2.45, 2.75) is 24.8 Å². The van der Waals surface area contributed by atoms with Crippen LogP contribution in [0.3, 0.4) is 0 Å². The van der Waals surface area contributed by atoms with Gasteiger partial charge in [0.05, 0.1) is 14.2 Å². The van der Waals surface area contributed by atoms with Gasteiger partial charge in [-0.15, -0.1) is 0 Å². The smallest absolute Gasteiger partial charge is 0.227 e. The van der Waals surface area contributed by atoms with Gasteiger partial charge in [-0.3, -0.25) is 4.79 Å². The molecule has 1 fully saturated rings. The molecule has 0 aromatic heterocycles. The van der Waals surface area contributed by atoms with Crippen LogP contribution in [0, 0.1) is 0 Å². The van der Waals surface area contributed by atoms with Gasteiger partial charge in [0.1, 0.15) is 11.5 Å². The van der Waals surface area contributed by atoms with Gasteiger partial charge in [0.15, 0.2) is 0 Å². The van der Waals surface area contributed by atoms with E-state index in [9.17, 15) is 4.79 Å². The van der Waals surface area contributed by atoms with Gasteiger partial charge in [0.2, 0.25) is 5.91 Å². The van der Waals surface area contributed by atoms with Gasteiger partial charge in [-0.2, -0.15) is 0 Å². The number of para-hydroxylation sites is 1. The van der Waals surface area contributed by atoms with Crippen molar-refractivity contribution >= 4 is 11.6 Å². The Balaban J connectivity index is 1.74. The second-order valence-corrected chi connectivity index (χ2v) is 6.12. The predicted molar refractivity (Wildman–Crippen MR) is 88.3 cm³/mol. The van der Waals surface area contributed by atoms with Crippen LogP contribution in [0.5, 0.6) is 11.5 Å². The van der Waals surface area contributed by atoms with E-state index >= 15 is 0 Å². The summed E-state index contributed by atoms with van der Waals surface area (Å²) in [5.41, 5.74) is 3.43. The van der Waals surface area contributed by atoms with Crippen LogP contribution in [0.4, 0.5) is 5.69 Å². The van der Waals surface area contributed by atoms with E-state index in [2.05, 4.69) is 6.07 Å². The maximum atomic E-state index is 12.6. The number of carbonyl (C=O) groups excluding carboxylic acids is 1. The summed E-state index contributed by atoms with van der Waals surface area (Å²) in [6.45, 7) is 0. The fraction of sp³-hybridized carbons (Fsp3) is 0.316. The quantitative estimate of drug-likeness (QED) is 0.874. The minimum Gasteiger partial charge on any atom is -0.497 e. The Morgan fingerprint density at radius 2 is 1.70 bits per heavy atom. The highest BCUT2D eigenvalue weighted by Crippen LogP contribution is 2.46. The first-order valence-corrected chi connectivity index (χ1v) is 7.84. The van der Waals surface area contributed by atoms with Crippen LogP contribution >= 0.6 is 0 Å². The molecule has 0 saturated carbocycles. The largest absolute Gasteiger partial charge is 0.497 e. The normalized spacial score (nSPS) is 22.0. The molecular formula is C19H19NO3. The number of nitrogens with zero attached hydrogens (tertiary/aromatic N) is 1. The Labute approximate surface area is 135 Å². The third kappa shape index (κ3) is 2.17. The van der Waals surface area contributed by atoms with Gasteiger partial charge in [-0.1, -0.05) is 18.2 Å². The average Bonchev–Trinajstić information content (AvgIpc) is 3.12. The van der Waals surface area contributed by atoms with Crippen molar-refractivity contribution in [3.63, 3.8) is 0 Å². The molecule has 1 saturated heterocycles. The Bertz CT molecular complexity index is 749. The maximum Gasteiger partial charge on any atom is 0.227 e. The minimum atomic E-state index is 0.166. The molecule has 2 atom stereocenters. The number of methoxy groups -OCH3 is 2. The summed E-state index contributed by atoms with van der Waals surface area (Å²) in [5, 5.41) is 0. The first-order valence-electron chi connectivity index (χ1n) is 7.84. The number of hydrogen-bond donors (Lipinski definition) is 0. The van der Waals surface area contributed by atoms with E-state index in [0.717, 1.165) is 29.2 Å². The summed E-state index contributed by atoms with van der Waals surface area (Å²) in [6, 6.07) is 14.3. The van der Waals surface area contributed by atoms with Gasteiger partial charge in [-0.25, -0.2) is 0 Å². The fourth-order valence-electron chi connectivity index (χ4n) is 3.86. The number of carbonyl (C=O) groups is 1. The van der Waals surface area contributed by atoms with E-state index in [-0.39, 0.29) is 17.9 Å². The lowest BCUT2D eigenvalue weighted by molar-refractivity contribution is -0.117. The molecule has 4 rings (SSSR count). The van der Waals surface area contributed by atoms with Crippen molar-refractivity contribution in [1.29, 1.82) is 0 Å². The second-order valence-electron chi connectivity index (χ2n) is 6.12. The number of amides is 1. The minimum absolute atomic E-state index is 0.166. The standard InChI is InChI=1S/C19H19NO3/c1-22-14-7-13(8-15(10-14)23-2)16-11-19(21)20-17-6-4-3-5-12(17)9-18(16)20/h3-8,10,16,18H,9,11H2,1-2H3/t16-,18-/m1/s1.